The zero-order valence-electron chi connectivity index (χ0n) is 14.2. The van der Waals surface area contributed by atoms with Crippen LogP contribution >= 0.6 is 0 Å². The van der Waals surface area contributed by atoms with E-state index in [0.29, 0.717) is 6.42 Å². The molecule has 4 nitrogen and oxygen atoms in total. The molecule has 1 aromatic carbocycles. The van der Waals surface area contributed by atoms with Crippen LogP contribution < -0.4 is 0 Å². The molecule has 0 unspecified atom stereocenters. The fourth-order valence-corrected chi connectivity index (χ4v) is 1.99. The standard InChI is InChI=1S/C17H19F5O4/c1-2-3-4-5-8-25-11(23)6-7-12(24)26-9-10-13(18)15(20)17(22)16(21)14(10)19/h2-9H2,1H3. The number of carbonyl (C=O) groups is 2. The van der Waals surface area contributed by atoms with Gasteiger partial charge in [-0.3, -0.25) is 9.59 Å². The molecule has 0 heterocycles. The Kier molecular flexibility index (Phi) is 9.01. The minimum Gasteiger partial charge on any atom is -0.466 e. The van der Waals surface area contributed by atoms with Crippen molar-refractivity contribution in [2.24, 2.45) is 0 Å². The number of esters is 2. The van der Waals surface area contributed by atoms with Gasteiger partial charge in [-0.25, -0.2) is 22.0 Å². The van der Waals surface area contributed by atoms with Crippen molar-refractivity contribution in [3.63, 3.8) is 0 Å². The molecule has 0 aliphatic heterocycles. The largest absolute Gasteiger partial charge is 0.466 e. The van der Waals surface area contributed by atoms with Crippen LogP contribution in [0, 0.1) is 29.1 Å². The van der Waals surface area contributed by atoms with Gasteiger partial charge in [-0.2, -0.15) is 0 Å². The van der Waals surface area contributed by atoms with E-state index in [9.17, 15) is 31.5 Å². The summed E-state index contributed by atoms with van der Waals surface area (Å²) in [4.78, 5) is 22.9. The summed E-state index contributed by atoms with van der Waals surface area (Å²) in [5.41, 5.74) is -1.26. The van der Waals surface area contributed by atoms with E-state index in [2.05, 4.69) is 4.74 Å². The topological polar surface area (TPSA) is 52.6 Å². The van der Waals surface area contributed by atoms with Gasteiger partial charge >= 0.3 is 11.9 Å². The van der Waals surface area contributed by atoms with Gasteiger partial charge in [0.2, 0.25) is 5.82 Å². The third-order valence-corrected chi connectivity index (χ3v) is 3.47. The first-order chi connectivity index (χ1) is 12.3. The molecule has 0 saturated heterocycles. The minimum absolute atomic E-state index is 0.221. The van der Waals surface area contributed by atoms with E-state index < -0.39 is 59.6 Å². The number of ether oxygens (including phenoxy) is 2. The molecular formula is C17H19F5O4. The van der Waals surface area contributed by atoms with Crippen molar-refractivity contribution in [3.05, 3.63) is 34.6 Å². The molecule has 9 heteroatoms. The Morgan fingerprint density at radius 3 is 1.77 bits per heavy atom. The number of benzene rings is 1. The van der Waals surface area contributed by atoms with Crippen molar-refractivity contribution < 1.29 is 41.0 Å². The van der Waals surface area contributed by atoms with E-state index in [1.54, 1.807) is 0 Å². The molecule has 146 valence electrons. The van der Waals surface area contributed by atoms with Crippen LogP contribution in [0.25, 0.3) is 0 Å². The monoisotopic (exact) mass is 382 g/mol. The Balaban J connectivity index is 2.43. The van der Waals surface area contributed by atoms with Crippen LogP contribution in [0.2, 0.25) is 0 Å². The first-order valence-corrected chi connectivity index (χ1v) is 8.11. The molecule has 0 spiro atoms. The zero-order chi connectivity index (χ0) is 19.7. The second kappa shape index (κ2) is 10.7. The lowest BCUT2D eigenvalue weighted by molar-refractivity contribution is -0.151. The summed E-state index contributed by atoms with van der Waals surface area (Å²) < 4.78 is 75.1. The molecule has 0 saturated carbocycles. The summed E-state index contributed by atoms with van der Waals surface area (Å²) in [6, 6.07) is 0. The molecule has 0 fully saturated rings. The molecular weight excluding hydrogens is 363 g/mol. The van der Waals surface area contributed by atoms with Gasteiger partial charge in [0.15, 0.2) is 23.3 Å². The number of unbranched alkanes of at least 4 members (excludes halogenated alkanes) is 3. The van der Waals surface area contributed by atoms with E-state index in [1.807, 2.05) is 6.92 Å². The molecule has 1 aromatic rings. The summed E-state index contributed by atoms with van der Waals surface area (Å²) >= 11 is 0. The van der Waals surface area contributed by atoms with Gasteiger partial charge in [0.05, 0.1) is 25.0 Å². The van der Waals surface area contributed by atoms with Crippen molar-refractivity contribution in [2.45, 2.75) is 52.1 Å². The lowest BCUT2D eigenvalue weighted by Gasteiger charge is -2.09. The predicted molar refractivity (Wildman–Crippen MR) is 80.4 cm³/mol. The number of hydrogen-bond acceptors (Lipinski definition) is 4. The molecule has 26 heavy (non-hydrogen) atoms. The van der Waals surface area contributed by atoms with Crippen LogP contribution in [0.3, 0.4) is 0 Å². The van der Waals surface area contributed by atoms with Crippen LogP contribution in [0.4, 0.5) is 22.0 Å². The van der Waals surface area contributed by atoms with Crippen molar-refractivity contribution in [3.8, 4) is 0 Å². The van der Waals surface area contributed by atoms with E-state index in [4.69, 9.17) is 4.74 Å². The van der Waals surface area contributed by atoms with Gasteiger partial charge in [-0.1, -0.05) is 26.2 Å². The van der Waals surface area contributed by atoms with E-state index in [1.165, 1.54) is 0 Å². The molecule has 0 N–H and O–H groups in total. The maximum absolute atomic E-state index is 13.4. The lowest BCUT2D eigenvalue weighted by atomic mass is 10.2. The van der Waals surface area contributed by atoms with Gasteiger partial charge in [-0.05, 0) is 6.42 Å². The molecule has 0 aromatic heterocycles. The average molecular weight is 382 g/mol. The first kappa shape index (κ1) is 21.9. The first-order valence-electron chi connectivity index (χ1n) is 8.11. The lowest BCUT2D eigenvalue weighted by Crippen LogP contribution is -2.13. The summed E-state index contributed by atoms with van der Waals surface area (Å²) in [7, 11) is 0. The Morgan fingerprint density at radius 1 is 0.731 bits per heavy atom. The smallest absolute Gasteiger partial charge is 0.306 e. The molecule has 0 amide bonds. The van der Waals surface area contributed by atoms with Gasteiger partial charge in [0.1, 0.15) is 6.61 Å². The van der Waals surface area contributed by atoms with Gasteiger partial charge in [0.25, 0.3) is 0 Å². The summed E-state index contributed by atoms with van der Waals surface area (Å²) in [6.07, 6.45) is 2.90. The zero-order valence-corrected chi connectivity index (χ0v) is 14.2. The van der Waals surface area contributed by atoms with Crippen LogP contribution in [-0.2, 0) is 25.7 Å². The highest BCUT2D eigenvalue weighted by atomic mass is 19.2. The van der Waals surface area contributed by atoms with Crippen molar-refractivity contribution in [1.82, 2.24) is 0 Å². The van der Waals surface area contributed by atoms with E-state index in [-0.39, 0.29) is 13.0 Å². The highest BCUT2D eigenvalue weighted by molar-refractivity contribution is 5.77. The number of hydrogen-bond donors (Lipinski definition) is 0. The predicted octanol–water partition coefficient (Wildman–Crippen LogP) is 4.33. The van der Waals surface area contributed by atoms with Crippen LogP contribution in [0.1, 0.15) is 51.0 Å². The van der Waals surface area contributed by atoms with Crippen LogP contribution in [0.15, 0.2) is 0 Å². The molecule has 0 radical (unpaired) electrons. The second-order valence-electron chi connectivity index (χ2n) is 5.49. The van der Waals surface area contributed by atoms with Gasteiger partial charge in [-0.15, -0.1) is 0 Å². The third kappa shape index (κ3) is 6.27. The Labute approximate surface area is 147 Å². The van der Waals surface area contributed by atoms with Crippen molar-refractivity contribution >= 4 is 11.9 Å². The van der Waals surface area contributed by atoms with Crippen molar-refractivity contribution in [2.75, 3.05) is 6.61 Å². The number of carbonyl (C=O) groups excluding carboxylic acids is 2. The Hall–Kier alpha value is -2.19. The molecule has 1 rings (SSSR count). The highest BCUT2D eigenvalue weighted by Gasteiger charge is 2.26. The molecule has 0 aliphatic carbocycles. The fraction of sp³-hybridized carbons (Fsp3) is 0.529. The van der Waals surface area contributed by atoms with Crippen LogP contribution in [0.5, 0.6) is 0 Å². The van der Waals surface area contributed by atoms with E-state index >= 15 is 0 Å². The SMILES string of the molecule is CCCCCCOC(=O)CCC(=O)OCc1c(F)c(F)c(F)c(F)c1F. The fourth-order valence-electron chi connectivity index (χ4n) is 1.99. The van der Waals surface area contributed by atoms with Gasteiger partial charge < -0.3 is 9.47 Å². The Bertz CT molecular complexity index is 620. The van der Waals surface area contributed by atoms with Crippen LogP contribution in [-0.4, -0.2) is 18.5 Å². The summed E-state index contributed by atoms with van der Waals surface area (Å²) in [6.45, 7) is 1.11. The van der Waals surface area contributed by atoms with E-state index in [0.717, 1.165) is 19.3 Å². The Morgan fingerprint density at radius 2 is 1.23 bits per heavy atom. The molecule has 0 bridgehead atoms. The van der Waals surface area contributed by atoms with Crippen molar-refractivity contribution in [1.29, 1.82) is 0 Å². The quantitative estimate of drug-likeness (QED) is 0.199. The average Bonchev–Trinajstić information content (AvgIpc) is 2.62. The minimum atomic E-state index is -2.29. The second-order valence-corrected chi connectivity index (χ2v) is 5.49. The maximum atomic E-state index is 13.4. The summed E-state index contributed by atoms with van der Waals surface area (Å²) in [5, 5.41) is 0. The van der Waals surface area contributed by atoms with Gasteiger partial charge in [0, 0.05) is 0 Å². The number of halogens is 5. The summed E-state index contributed by atoms with van der Waals surface area (Å²) in [5.74, 6) is -12.4. The molecule has 0 atom stereocenters. The highest BCUT2D eigenvalue weighted by Crippen LogP contribution is 2.23. The number of rotatable bonds is 10. The third-order valence-electron chi connectivity index (χ3n) is 3.47. The molecule has 0 aliphatic rings. The normalized spacial score (nSPS) is 10.7. The maximum Gasteiger partial charge on any atom is 0.306 e.